The van der Waals surface area contributed by atoms with Crippen LogP contribution in [0.15, 0.2) is 62.5 Å². The van der Waals surface area contributed by atoms with Gasteiger partial charge in [0.05, 0.1) is 11.1 Å². The molecule has 3 rings (SSSR count). The van der Waals surface area contributed by atoms with E-state index in [9.17, 15) is 9.59 Å². The summed E-state index contributed by atoms with van der Waals surface area (Å²) < 4.78 is 6.12. The molecule has 5 heteroatoms. The van der Waals surface area contributed by atoms with Crippen LogP contribution in [0.1, 0.15) is 0 Å². The van der Waals surface area contributed by atoms with Crippen LogP contribution >= 0.6 is 11.6 Å². The van der Waals surface area contributed by atoms with Crippen LogP contribution in [-0.4, -0.2) is 4.57 Å². The van der Waals surface area contributed by atoms with Gasteiger partial charge in [-0.25, -0.2) is 9.36 Å². The van der Waals surface area contributed by atoms with Crippen molar-refractivity contribution in [2.75, 3.05) is 0 Å². The molecule has 94 valence electrons. The largest absolute Gasteiger partial charge is 0.426 e. The van der Waals surface area contributed by atoms with Crippen LogP contribution in [0.2, 0.25) is 5.02 Å². The van der Waals surface area contributed by atoms with Crippen molar-refractivity contribution >= 4 is 22.6 Å². The van der Waals surface area contributed by atoms with Crippen LogP contribution in [0.25, 0.3) is 16.7 Å². The van der Waals surface area contributed by atoms with E-state index >= 15 is 0 Å². The summed E-state index contributed by atoms with van der Waals surface area (Å²) in [6.07, 6.45) is 0. The first-order chi connectivity index (χ1) is 9.16. The molecule has 2 aromatic carbocycles. The highest BCUT2D eigenvalue weighted by atomic mass is 35.5. The molecular formula is C14H8ClNO3. The third kappa shape index (κ3) is 1.96. The van der Waals surface area contributed by atoms with Crippen molar-refractivity contribution in [2.45, 2.75) is 0 Å². The van der Waals surface area contributed by atoms with Crippen molar-refractivity contribution in [3.8, 4) is 5.69 Å². The first-order valence-corrected chi connectivity index (χ1v) is 5.95. The fourth-order valence-corrected chi connectivity index (χ4v) is 2.01. The molecule has 0 N–H and O–H groups in total. The van der Waals surface area contributed by atoms with Gasteiger partial charge < -0.3 is 4.42 Å². The van der Waals surface area contributed by atoms with Gasteiger partial charge in [0.2, 0.25) is 0 Å². The highest BCUT2D eigenvalue weighted by Crippen LogP contribution is 2.12. The van der Waals surface area contributed by atoms with Gasteiger partial charge in [-0.05, 0) is 36.4 Å². The Bertz CT molecular complexity index is 862. The fraction of sp³-hybridized carbons (Fsp3) is 0. The molecule has 0 atom stereocenters. The number of fused-ring (bicyclic) bond motifs is 1. The van der Waals surface area contributed by atoms with Gasteiger partial charge >= 0.3 is 5.76 Å². The predicted octanol–water partition coefficient (Wildman–Crippen LogP) is 2.60. The summed E-state index contributed by atoms with van der Waals surface area (Å²) in [5.41, 5.74) is 0.297. The van der Waals surface area contributed by atoms with Crippen molar-refractivity contribution in [3.05, 3.63) is 74.5 Å². The van der Waals surface area contributed by atoms with E-state index in [1.165, 1.54) is 0 Å². The zero-order chi connectivity index (χ0) is 13.4. The molecule has 0 bridgehead atoms. The minimum absolute atomic E-state index is 0.280. The van der Waals surface area contributed by atoms with Gasteiger partial charge in [-0.3, -0.25) is 4.79 Å². The molecule has 0 radical (unpaired) electrons. The second-order valence-electron chi connectivity index (χ2n) is 3.98. The van der Waals surface area contributed by atoms with Gasteiger partial charge in [0.15, 0.2) is 0 Å². The molecule has 0 fully saturated rings. The zero-order valence-electron chi connectivity index (χ0n) is 9.67. The summed E-state index contributed by atoms with van der Waals surface area (Å²) in [4.78, 5) is 24.2. The van der Waals surface area contributed by atoms with Gasteiger partial charge in [-0.1, -0.05) is 23.7 Å². The highest BCUT2D eigenvalue weighted by Gasteiger charge is 2.10. The maximum Gasteiger partial charge on any atom is 0.426 e. The molecule has 1 aromatic heterocycles. The topological polar surface area (TPSA) is 52.2 Å². The maximum atomic E-state index is 12.3. The molecular weight excluding hydrogens is 266 g/mol. The van der Waals surface area contributed by atoms with Crippen molar-refractivity contribution < 1.29 is 4.42 Å². The Morgan fingerprint density at radius 2 is 1.63 bits per heavy atom. The monoisotopic (exact) mass is 273 g/mol. The maximum absolute atomic E-state index is 12.3. The van der Waals surface area contributed by atoms with E-state index in [4.69, 9.17) is 16.0 Å². The lowest BCUT2D eigenvalue weighted by atomic mass is 10.2. The van der Waals surface area contributed by atoms with E-state index in [0.29, 0.717) is 16.1 Å². The van der Waals surface area contributed by atoms with E-state index < -0.39 is 11.3 Å². The number of nitrogens with zero attached hydrogens (tertiary/aromatic N) is 1. The summed E-state index contributed by atoms with van der Waals surface area (Å²) in [6.45, 7) is 0. The van der Waals surface area contributed by atoms with Gasteiger partial charge in [-0.15, -0.1) is 0 Å². The lowest BCUT2D eigenvalue weighted by molar-refractivity contribution is 0.504. The normalized spacial score (nSPS) is 10.8. The van der Waals surface area contributed by atoms with Crippen LogP contribution in [0.3, 0.4) is 0 Å². The third-order valence-electron chi connectivity index (χ3n) is 2.79. The van der Waals surface area contributed by atoms with E-state index in [2.05, 4.69) is 0 Å². The van der Waals surface area contributed by atoms with E-state index in [1.807, 2.05) is 0 Å². The Kier molecular flexibility index (Phi) is 2.72. The summed E-state index contributed by atoms with van der Waals surface area (Å²) in [7, 11) is 0. The molecule has 0 saturated heterocycles. The van der Waals surface area contributed by atoms with Crippen LogP contribution in [0, 0.1) is 0 Å². The molecule has 0 aliphatic rings. The average Bonchev–Trinajstić information content (AvgIpc) is 2.41. The van der Waals surface area contributed by atoms with E-state index in [0.717, 1.165) is 4.57 Å². The van der Waals surface area contributed by atoms with Crippen molar-refractivity contribution in [2.24, 2.45) is 0 Å². The molecule has 0 saturated carbocycles. The highest BCUT2D eigenvalue weighted by molar-refractivity contribution is 6.30. The third-order valence-corrected chi connectivity index (χ3v) is 3.04. The molecule has 0 aliphatic heterocycles. The standard InChI is InChI=1S/C14H8ClNO3/c15-9-5-7-10(8-6-9)16-13(17)11-3-1-2-4-12(11)19-14(16)18/h1-8H. The van der Waals surface area contributed by atoms with Gasteiger partial charge in [0.1, 0.15) is 5.58 Å². The lowest BCUT2D eigenvalue weighted by Crippen LogP contribution is -2.30. The van der Waals surface area contributed by atoms with Crippen molar-refractivity contribution in [3.63, 3.8) is 0 Å². The van der Waals surface area contributed by atoms with E-state index in [-0.39, 0.29) is 5.58 Å². The van der Waals surface area contributed by atoms with Crippen molar-refractivity contribution in [1.82, 2.24) is 4.57 Å². The zero-order valence-corrected chi connectivity index (χ0v) is 10.4. The summed E-state index contributed by atoms with van der Waals surface area (Å²) in [6, 6.07) is 13.0. The number of rotatable bonds is 1. The molecule has 4 nitrogen and oxygen atoms in total. The number of para-hydroxylation sites is 1. The predicted molar refractivity (Wildman–Crippen MR) is 73.1 cm³/mol. The van der Waals surface area contributed by atoms with Gasteiger partial charge in [0.25, 0.3) is 5.56 Å². The molecule has 0 amide bonds. The van der Waals surface area contributed by atoms with Crippen LogP contribution < -0.4 is 11.3 Å². The Labute approximate surface area is 112 Å². The number of aromatic nitrogens is 1. The second kappa shape index (κ2) is 4.40. The minimum atomic E-state index is -0.717. The lowest BCUT2D eigenvalue weighted by Gasteiger charge is -2.04. The summed E-state index contributed by atoms with van der Waals surface area (Å²) >= 11 is 5.78. The van der Waals surface area contributed by atoms with Crippen LogP contribution in [-0.2, 0) is 0 Å². The molecule has 0 spiro atoms. The molecule has 0 aliphatic carbocycles. The van der Waals surface area contributed by atoms with Gasteiger partial charge in [0, 0.05) is 5.02 Å². The Morgan fingerprint density at radius 1 is 0.947 bits per heavy atom. The molecule has 1 heterocycles. The molecule has 19 heavy (non-hydrogen) atoms. The van der Waals surface area contributed by atoms with E-state index in [1.54, 1.807) is 48.5 Å². The Balaban J connectivity index is 2.39. The number of benzene rings is 2. The first-order valence-electron chi connectivity index (χ1n) is 5.58. The molecule has 3 aromatic rings. The first kappa shape index (κ1) is 11.7. The van der Waals surface area contributed by atoms with Gasteiger partial charge in [-0.2, -0.15) is 0 Å². The summed E-state index contributed by atoms with van der Waals surface area (Å²) in [5.74, 6) is -0.717. The quantitative estimate of drug-likeness (QED) is 0.685. The number of halogens is 1. The Morgan fingerprint density at radius 3 is 2.37 bits per heavy atom. The number of hydrogen-bond acceptors (Lipinski definition) is 3. The SMILES string of the molecule is O=c1oc2ccccc2c(=O)n1-c1ccc(Cl)cc1. The smallest absolute Gasteiger partial charge is 0.409 e. The average molecular weight is 274 g/mol. The minimum Gasteiger partial charge on any atom is -0.409 e. The van der Waals surface area contributed by atoms with Crippen molar-refractivity contribution in [1.29, 1.82) is 0 Å². The number of hydrogen-bond donors (Lipinski definition) is 0. The van der Waals surface area contributed by atoms with Crippen LogP contribution in [0.4, 0.5) is 0 Å². The van der Waals surface area contributed by atoms with Crippen LogP contribution in [0.5, 0.6) is 0 Å². The summed E-state index contributed by atoms with van der Waals surface area (Å²) in [5, 5.41) is 0.888. The Hall–Kier alpha value is -2.33. The fourth-order valence-electron chi connectivity index (χ4n) is 1.89. The second-order valence-corrected chi connectivity index (χ2v) is 4.42. The molecule has 0 unspecified atom stereocenters.